The first-order valence-electron chi connectivity index (χ1n) is 8.66. The summed E-state index contributed by atoms with van der Waals surface area (Å²) in [6.07, 6.45) is 3.26. The van der Waals surface area contributed by atoms with Crippen molar-refractivity contribution in [2.45, 2.75) is 31.9 Å². The topological polar surface area (TPSA) is 44.8 Å². The van der Waals surface area contributed by atoms with Crippen LogP contribution in [0.1, 0.15) is 24.1 Å². The van der Waals surface area contributed by atoms with Gasteiger partial charge in [-0.1, -0.05) is 6.07 Å². The fourth-order valence-corrected chi connectivity index (χ4v) is 4.01. The lowest BCUT2D eigenvalue weighted by Gasteiger charge is -2.29. The van der Waals surface area contributed by atoms with Crippen molar-refractivity contribution in [3.05, 3.63) is 22.4 Å². The molecule has 128 valence electrons. The summed E-state index contributed by atoms with van der Waals surface area (Å²) in [6.45, 7) is 7.09. The molecule has 3 rings (SSSR count). The predicted octanol–water partition coefficient (Wildman–Crippen LogP) is 1.55. The molecule has 2 saturated heterocycles. The molecule has 0 aromatic carbocycles. The maximum Gasteiger partial charge on any atom is 0.223 e. The summed E-state index contributed by atoms with van der Waals surface area (Å²) in [4.78, 5) is 18.1. The molecule has 6 heteroatoms. The Hall–Kier alpha value is -0.950. The molecular weight excluding hydrogens is 310 g/mol. The first-order chi connectivity index (χ1) is 11.3. The number of carbonyl (C=O) groups is 1. The molecule has 1 N–H and O–H groups in total. The van der Waals surface area contributed by atoms with Crippen LogP contribution in [-0.2, 0) is 16.1 Å². The van der Waals surface area contributed by atoms with Crippen LogP contribution in [0.2, 0.25) is 0 Å². The first-order valence-corrected chi connectivity index (χ1v) is 9.54. The third-order valence-corrected chi connectivity index (χ3v) is 5.42. The Morgan fingerprint density at radius 2 is 2.30 bits per heavy atom. The highest BCUT2D eigenvalue weighted by molar-refractivity contribution is 7.09. The van der Waals surface area contributed by atoms with Gasteiger partial charge in [0, 0.05) is 63.7 Å². The summed E-state index contributed by atoms with van der Waals surface area (Å²) in [5, 5.41) is 5.41. The zero-order valence-corrected chi connectivity index (χ0v) is 14.5. The van der Waals surface area contributed by atoms with Crippen molar-refractivity contribution < 1.29 is 9.53 Å². The number of rotatable bonds is 7. The number of carbonyl (C=O) groups excluding carboxylic acids is 1. The summed E-state index contributed by atoms with van der Waals surface area (Å²) in [7, 11) is 0. The molecule has 1 aromatic heterocycles. The van der Waals surface area contributed by atoms with E-state index in [-0.39, 0.29) is 5.91 Å². The van der Waals surface area contributed by atoms with Crippen LogP contribution in [0.3, 0.4) is 0 Å². The third-order valence-electron chi connectivity index (χ3n) is 4.56. The van der Waals surface area contributed by atoms with Crippen LogP contribution in [0.5, 0.6) is 0 Å². The molecule has 0 aliphatic carbocycles. The van der Waals surface area contributed by atoms with E-state index in [4.69, 9.17) is 4.74 Å². The largest absolute Gasteiger partial charge is 0.377 e. The quantitative estimate of drug-likeness (QED) is 0.820. The summed E-state index contributed by atoms with van der Waals surface area (Å²) in [6, 6.07) is 4.27. The fourth-order valence-electron chi connectivity index (χ4n) is 3.26. The average Bonchev–Trinajstić information content (AvgIpc) is 3.27. The number of amides is 1. The van der Waals surface area contributed by atoms with Gasteiger partial charge in [0.25, 0.3) is 0 Å². The number of thiophene rings is 1. The van der Waals surface area contributed by atoms with Gasteiger partial charge in [-0.25, -0.2) is 0 Å². The van der Waals surface area contributed by atoms with Crippen LogP contribution < -0.4 is 5.32 Å². The van der Waals surface area contributed by atoms with Gasteiger partial charge < -0.3 is 15.0 Å². The molecule has 1 atom stereocenters. The van der Waals surface area contributed by atoms with Crippen LogP contribution in [0.15, 0.2) is 17.5 Å². The number of nitrogens with one attached hydrogen (secondary N) is 1. The Bertz CT molecular complexity index is 468. The molecule has 5 nitrogen and oxygen atoms in total. The number of piperazine rings is 1. The number of ether oxygens (including phenoxy) is 1. The van der Waals surface area contributed by atoms with Crippen molar-refractivity contribution in [1.29, 1.82) is 0 Å². The van der Waals surface area contributed by atoms with E-state index in [1.165, 1.54) is 4.88 Å². The minimum atomic E-state index is 0.287. The van der Waals surface area contributed by atoms with Gasteiger partial charge in [0.2, 0.25) is 5.91 Å². The number of hydrogen-bond donors (Lipinski definition) is 1. The van der Waals surface area contributed by atoms with Crippen molar-refractivity contribution in [3.8, 4) is 0 Å². The maximum atomic E-state index is 12.4. The summed E-state index contributed by atoms with van der Waals surface area (Å²) in [5.41, 5.74) is 0. The van der Waals surface area contributed by atoms with E-state index in [0.29, 0.717) is 12.5 Å². The van der Waals surface area contributed by atoms with Crippen molar-refractivity contribution >= 4 is 17.2 Å². The predicted molar refractivity (Wildman–Crippen MR) is 92.6 cm³/mol. The lowest BCUT2D eigenvalue weighted by Crippen LogP contribution is -2.47. The van der Waals surface area contributed by atoms with Crippen LogP contribution in [0, 0.1) is 0 Å². The van der Waals surface area contributed by atoms with Crippen molar-refractivity contribution in [1.82, 2.24) is 15.1 Å². The molecule has 0 spiro atoms. The van der Waals surface area contributed by atoms with Gasteiger partial charge in [-0.2, -0.15) is 0 Å². The molecule has 0 radical (unpaired) electrons. The van der Waals surface area contributed by atoms with E-state index < -0.39 is 0 Å². The highest BCUT2D eigenvalue weighted by Crippen LogP contribution is 2.17. The van der Waals surface area contributed by atoms with E-state index >= 15 is 0 Å². The molecule has 3 heterocycles. The molecule has 2 aliphatic rings. The SMILES string of the molecule is O=C(CCN(Cc1cccs1)CC1CCCO1)N1CCNCC1. The lowest BCUT2D eigenvalue weighted by molar-refractivity contribution is -0.132. The molecule has 0 bridgehead atoms. The van der Waals surface area contributed by atoms with Crippen LogP contribution in [0.25, 0.3) is 0 Å². The minimum Gasteiger partial charge on any atom is -0.377 e. The third kappa shape index (κ3) is 5.28. The Balaban J connectivity index is 1.50. The molecule has 1 unspecified atom stereocenters. The zero-order valence-electron chi connectivity index (χ0n) is 13.7. The monoisotopic (exact) mass is 337 g/mol. The summed E-state index contributed by atoms with van der Waals surface area (Å²) >= 11 is 1.79. The fraction of sp³-hybridized carbons (Fsp3) is 0.706. The lowest BCUT2D eigenvalue weighted by atomic mass is 10.2. The second-order valence-electron chi connectivity index (χ2n) is 6.33. The van der Waals surface area contributed by atoms with Crippen molar-refractivity contribution in [2.24, 2.45) is 0 Å². The van der Waals surface area contributed by atoms with Gasteiger partial charge in [-0.3, -0.25) is 9.69 Å². The van der Waals surface area contributed by atoms with Crippen LogP contribution >= 0.6 is 11.3 Å². The van der Waals surface area contributed by atoms with E-state index in [9.17, 15) is 4.79 Å². The van der Waals surface area contributed by atoms with E-state index in [1.807, 2.05) is 4.90 Å². The smallest absolute Gasteiger partial charge is 0.223 e. The molecule has 0 saturated carbocycles. The zero-order chi connectivity index (χ0) is 15.9. The molecule has 2 fully saturated rings. The van der Waals surface area contributed by atoms with Gasteiger partial charge in [0.05, 0.1) is 6.10 Å². The Morgan fingerprint density at radius 3 is 3.00 bits per heavy atom. The summed E-state index contributed by atoms with van der Waals surface area (Å²) < 4.78 is 5.78. The second kappa shape index (κ2) is 8.78. The molecule has 2 aliphatic heterocycles. The van der Waals surface area contributed by atoms with Crippen LogP contribution in [-0.4, -0.2) is 67.7 Å². The van der Waals surface area contributed by atoms with E-state index in [1.54, 1.807) is 11.3 Å². The normalized spacial score (nSPS) is 22.0. The second-order valence-corrected chi connectivity index (χ2v) is 7.36. The Kier molecular flexibility index (Phi) is 6.45. The van der Waals surface area contributed by atoms with Gasteiger partial charge in [0.1, 0.15) is 0 Å². The Morgan fingerprint density at radius 1 is 1.43 bits per heavy atom. The Labute approximate surface area is 142 Å². The van der Waals surface area contributed by atoms with Gasteiger partial charge in [0.15, 0.2) is 0 Å². The van der Waals surface area contributed by atoms with Crippen LogP contribution in [0.4, 0.5) is 0 Å². The molecular formula is C17H27N3O2S. The highest BCUT2D eigenvalue weighted by Gasteiger charge is 2.22. The first kappa shape index (κ1) is 16.9. The van der Waals surface area contributed by atoms with Gasteiger partial charge in [-0.05, 0) is 24.3 Å². The average molecular weight is 337 g/mol. The molecule has 1 aromatic rings. The molecule has 23 heavy (non-hydrogen) atoms. The standard InChI is InChI=1S/C17H27N3O2S/c21-17(20-9-6-18-7-10-20)5-8-19(13-15-3-1-11-22-15)14-16-4-2-12-23-16/h2,4,12,15,18H,1,3,5-11,13-14H2. The van der Waals surface area contributed by atoms with Gasteiger partial charge >= 0.3 is 0 Å². The highest BCUT2D eigenvalue weighted by atomic mass is 32.1. The van der Waals surface area contributed by atoms with Gasteiger partial charge in [-0.15, -0.1) is 11.3 Å². The maximum absolute atomic E-state index is 12.4. The van der Waals surface area contributed by atoms with Crippen molar-refractivity contribution in [3.63, 3.8) is 0 Å². The molecule has 1 amide bonds. The summed E-state index contributed by atoms with van der Waals surface area (Å²) in [5.74, 6) is 0.287. The number of nitrogens with zero attached hydrogens (tertiary/aromatic N) is 2. The van der Waals surface area contributed by atoms with Crippen molar-refractivity contribution in [2.75, 3.05) is 45.9 Å². The number of hydrogen-bond acceptors (Lipinski definition) is 5. The minimum absolute atomic E-state index is 0.287. The van der Waals surface area contributed by atoms with E-state index in [0.717, 1.165) is 65.3 Å². The van der Waals surface area contributed by atoms with E-state index in [2.05, 4.69) is 27.7 Å².